The molecule has 3 aliphatic rings. The standard InChI is InChI=1S/C24H27N7O/c32-23(21-13-20(29-30-21)16-1-2-16)31-11-7-17(8-12-31)22-19(15-5-9-25-10-6-15)14-26-24(28-22)27-18-3-4-18/h5-6,9-10,13-14,16-18H,1-4,7-8,11-12H2,(H,29,30)(H,26,27,28). The number of nitrogens with one attached hydrogen (secondary N) is 2. The van der Waals surface area contributed by atoms with Crippen LogP contribution in [0.4, 0.5) is 5.95 Å². The summed E-state index contributed by atoms with van der Waals surface area (Å²) in [6, 6.07) is 6.45. The summed E-state index contributed by atoms with van der Waals surface area (Å²) in [6.07, 6.45) is 12.0. The molecule has 4 heterocycles. The number of amides is 1. The van der Waals surface area contributed by atoms with E-state index in [4.69, 9.17) is 4.98 Å². The molecule has 6 rings (SSSR count). The number of likely N-dealkylation sites (tertiary alicyclic amines) is 1. The second kappa shape index (κ2) is 8.00. The van der Waals surface area contributed by atoms with Gasteiger partial charge in [-0.05, 0) is 62.3 Å². The molecule has 2 N–H and O–H groups in total. The number of hydrogen-bond acceptors (Lipinski definition) is 6. The number of nitrogens with zero attached hydrogens (tertiary/aromatic N) is 5. The molecule has 3 fully saturated rings. The van der Waals surface area contributed by atoms with E-state index in [1.165, 1.54) is 25.7 Å². The van der Waals surface area contributed by atoms with Crippen molar-refractivity contribution in [1.82, 2.24) is 30.0 Å². The first kappa shape index (κ1) is 19.4. The Kier molecular flexibility index (Phi) is 4.85. The molecule has 0 atom stereocenters. The van der Waals surface area contributed by atoms with Crippen molar-refractivity contribution in [2.75, 3.05) is 18.4 Å². The summed E-state index contributed by atoms with van der Waals surface area (Å²) >= 11 is 0. The van der Waals surface area contributed by atoms with E-state index >= 15 is 0 Å². The average molecular weight is 430 g/mol. The molecule has 2 saturated carbocycles. The number of piperidine rings is 1. The van der Waals surface area contributed by atoms with Gasteiger partial charge in [0.25, 0.3) is 5.91 Å². The summed E-state index contributed by atoms with van der Waals surface area (Å²) < 4.78 is 0. The van der Waals surface area contributed by atoms with Crippen LogP contribution >= 0.6 is 0 Å². The van der Waals surface area contributed by atoms with Gasteiger partial charge in [0, 0.05) is 60.8 Å². The van der Waals surface area contributed by atoms with E-state index in [2.05, 4.69) is 25.5 Å². The van der Waals surface area contributed by atoms with Gasteiger partial charge >= 0.3 is 0 Å². The van der Waals surface area contributed by atoms with E-state index in [-0.39, 0.29) is 11.8 Å². The summed E-state index contributed by atoms with van der Waals surface area (Å²) in [6.45, 7) is 1.42. The van der Waals surface area contributed by atoms with Crippen LogP contribution < -0.4 is 5.32 Å². The third-order valence-electron chi connectivity index (χ3n) is 6.72. The lowest BCUT2D eigenvalue weighted by atomic mass is 9.89. The first-order valence-corrected chi connectivity index (χ1v) is 11.6. The fourth-order valence-electron chi connectivity index (χ4n) is 4.51. The van der Waals surface area contributed by atoms with Gasteiger partial charge < -0.3 is 10.2 Å². The topological polar surface area (TPSA) is 99.7 Å². The van der Waals surface area contributed by atoms with Gasteiger partial charge in [-0.3, -0.25) is 14.9 Å². The Morgan fingerprint density at radius 3 is 2.53 bits per heavy atom. The third-order valence-corrected chi connectivity index (χ3v) is 6.72. The highest BCUT2D eigenvalue weighted by atomic mass is 16.2. The molecule has 0 spiro atoms. The van der Waals surface area contributed by atoms with Crippen LogP contribution in [0.2, 0.25) is 0 Å². The number of hydrogen-bond donors (Lipinski definition) is 2. The van der Waals surface area contributed by atoms with Gasteiger partial charge in [0.05, 0.1) is 5.69 Å². The van der Waals surface area contributed by atoms with Gasteiger partial charge in [-0.15, -0.1) is 0 Å². The van der Waals surface area contributed by atoms with Crippen molar-refractivity contribution in [3.05, 3.63) is 53.9 Å². The summed E-state index contributed by atoms with van der Waals surface area (Å²) in [5.41, 5.74) is 4.84. The molecule has 0 bridgehead atoms. The number of rotatable bonds is 6. The number of pyridine rings is 1. The zero-order chi connectivity index (χ0) is 21.5. The summed E-state index contributed by atoms with van der Waals surface area (Å²) in [5.74, 6) is 1.59. The van der Waals surface area contributed by atoms with Crippen LogP contribution in [0.5, 0.6) is 0 Å². The molecular weight excluding hydrogens is 402 g/mol. The third kappa shape index (κ3) is 3.97. The molecule has 32 heavy (non-hydrogen) atoms. The fraction of sp³-hybridized carbons (Fsp3) is 0.458. The molecule has 3 aromatic heterocycles. The molecule has 0 unspecified atom stereocenters. The Bertz CT molecular complexity index is 1110. The molecule has 0 aromatic carbocycles. The van der Waals surface area contributed by atoms with Crippen molar-refractivity contribution in [3.8, 4) is 11.1 Å². The van der Waals surface area contributed by atoms with Gasteiger partial charge in [0.1, 0.15) is 5.69 Å². The van der Waals surface area contributed by atoms with Crippen molar-refractivity contribution < 1.29 is 4.79 Å². The monoisotopic (exact) mass is 429 g/mol. The van der Waals surface area contributed by atoms with Gasteiger partial charge in [-0.25, -0.2) is 9.97 Å². The Hall–Kier alpha value is -3.29. The highest BCUT2D eigenvalue weighted by Gasteiger charge is 2.31. The highest BCUT2D eigenvalue weighted by molar-refractivity contribution is 5.92. The Morgan fingerprint density at radius 1 is 1.03 bits per heavy atom. The van der Waals surface area contributed by atoms with Crippen LogP contribution in [0.3, 0.4) is 0 Å². The highest BCUT2D eigenvalue weighted by Crippen LogP contribution is 2.39. The van der Waals surface area contributed by atoms with E-state index < -0.39 is 0 Å². The summed E-state index contributed by atoms with van der Waals surface area (Å²) in [7, 11) is 0. The summed E-state index contributed by atoms with van der Waals surface area (Å²) in [4.78, 5) is 28.6. The van der Waals surface area contributed by atoms with E-state index in [9.17, 15) is 4.79 Å². The Balaban J connectivity index is 1.20. The minimum Gasteiger partial charge on any atom is -0.351 e. The summed E-state index contributed by atoms with van der Waals surface area (Å²) in [5, 5.41) is 10.8. The lowest BCUT2D eigenvalue weighted by Gasteiger charge is -2.32. The smallest absolute Gasteiger partial charge is 0.274 e. The van der Waals surface area contributed by atoms with Gasteiger partial charge in [-0.2, -0.15) is 5.10 Å². The molecule has 1 saturated heterocycles. The molecule has 0 radical (unpaired) electrons. The molecule has 8 nitrogen and oxygen atoms in total. The number of aromatic amines is 1. The first-order chi connectivity index (χ1) is 15.7. The Morgan fingerprint density at radius 2 is 1.81 bits per heavy atom. The largest absolute Gasteiger partial charge is 0.351 e. The van der Waals surface area contributed by atoms with E-state index in [0.29, 0.717) is 36.7 Å². The zero-order valence-corrected chi connectivity index (χ0v) is 18.0. The van der Waals surface area contributed by atoms with Crippen molar-refractivity contribution in [2.24, 2.45) is 0 Å². The zero-order valence-electron chi connectivity index (χ0n) is 18.0. The van der Waals surface area contributed by atoms with E-state index in [1.807, 2.05) is 29.3 Å². The van der Waals surface area contributed by atoms with Crippen LogP contribution in [-0.2, 0) is 0 Å². The maximum atomic E-state index is 13.0. The predicted molar refractivity (Wildman–Crippen MR) is 120 cm³/mol. The number of aromatic nitrogens is 5. The van der Waals surface area contributed by atoms with Crippen LogP contribution in [0, 0.1) is 0 Å². The van der Waals surface area contributed by atoms with Gasteiger partial charge in [0.15, 0.2) is 0 Å². The lowest BCUT2D eigenvalue weighted by Crippen LogP contribution is -2.38. The van der Waals surface area contributed by atoms with E-state index in [0.717, 1.165) is 35.4 Å². The van der Waals surface area contributed by atoms with Crippen molar-refractivity contribution in [3.63, 3.8) is 0 Å². The molecular formula is C24H27N7O. The normalized spacial score (nSPS) is 19.2. The molecule has 1 aliphatic heterocycles. The molecule has 2 aliphatic carbocycles. The van der Waals surface area contributed by atoms with Crippen LogP contribution in [0.15, 0.2) is 36.8 Å². The number of H-pyrrole nitrogens is 1. The number of carbonyl (C=O) groups excluding carboxylic acids is 1. The average Bonchev–Trinajstić information content (AvgIpc) is 3.79. The fourth-order valence-corrected chi connectivity index (χ4v) is 4.51. The molecule has 8 heteroatoms. The molecule has 1 amide bonds. The second-order valence-corrected chi connectivity index (χ2v) is 9.20. The van der Waals surface area contributed by atoms with Crippen LogP contribution in [0.25, 0.3) is 11.1 Å². The SMILES string of the molecule is O=C(c1cc(C2CC2)[nH]n1)N1CCC(c2nc(NC3CC3)ncc2-c2ccncc2)CC1. The van der Waals surface area contributed by atoms with Gasteiger partial charge in [0.2, 0.25) is 5.95 Å². The maximum Gasteiger partial charge on any atom is 0.274 e. The second-order valence-electron chi connectivity index (χ2n) is 9.20. The number of carbonyl (C=O) groups is 1. The first-order valence-electron chi connectivity index (χ1n) is 11.6. The quantitative estimate of drug-likeness (QED) is 0.619. The minimum atomic E-state index is 0.0275. The minimum absolute atomic E-state index is 0.0275. The maximum absolute atomic E-state index is 13.0. The molecule has 3 aromatic rings. The molecule has 164 valence electrons. The number of anilines is 1. The van der Waals surface area contributed by atoms with Crippen molar-refractivity contribution in [1.29, 1.82) is 0 Å². The van der Waals surface area contributed by atoms with Crippen molar-refractivity contribution in [2.45, 2.75) is 56.4 Å². The van der Waals surface area contributed by atoms with E-state index in [1.54, 1.807) is 12.4 Å². The van der Waals surface area contributed by atoms with Crippen LogP contribution in [0.1, 0.15) is 72.2 Å². The lowest BCUT2D eigenvalue weighted by molar-refractivity contribution is 0.0706. The predicted octanol–water partition coefficient (Wildman–Crippen LogP) is 3.73. The Labute approximate surface area is 186 Å². The van der Waals surface area contributed by atoms with Crippen molar-refractivity contribution >= 4 is 11.9 Å². The van der Waals surface area contributed by atoms with Crippen LogP contribution in [-0.4, -0.2) is 55.1 Å². The van der Waals surface area contributed by atoms with Gasteiger partial charge in [-0.1, -0.05) is 0 Å².